The minimum absolute atomic E-state index is 0.210. The van der Waals surface area contributed by atoms with Crippen LogP contribution in [0.5, 0.6) is 5.75 Å². The van der Waals surface area contributed by atoms with Crippen LogP contribution in [0.1, 0.15) is 38.7 Å². The first-order valence-electron chi connectivity index (χ1n) is 8.16. The zero-order chi connectivity index (χ0) is 16.7. The Balaban J connectivity index is 1.94. The highest BCUT2D eigenvalue weighted by Crippen LogP contribution is 2.32. The van der Waals surface area contributed by atoms with Crippen molar-refractivity contribution in [2.24, 2.45) is 0 Å². The van der Waals surface area contributed by atoms with E-state index in [1.54, 1.807) is 7.11 Å². The van der Waals surface area contributed by atoms with E-state index >= 15 is 0 Å². The number of hydrogen-bond donors (Lipinski definition) is 0. The summed E-state index contributed by atoms with van der Waals surface area (Å²) in [6.07, 6.45) is 2.24. The van der Waals surface area contributed by atoms with Gasteiger partial charge in [0.2, 0.25) is 0 Å². The van der Waals surface area contributed by atoms with Crippen molar-refractivity contribution >= 4 is 6.29 Å². The zero-order valence-corrected chi connectivity index (χ0v) is 14.1. The van der Waals surface area contributed by atoms with Gasteiger partial charge in [-0.05, 0) is 30.5 Å². The molecule has 1 aliphatic heterocycles. The van der Waals surface area contributed by atoms with Gasteiger partial charge >= 0.3 is 0 Å². The molecule has 1 aromatic rings. The summed E-state index contributed by atoms with van der Waals surface area (Å²) >= 11 is 0. The van der Waals surface area contributed by atoms with Crippen LogP contribution in [0.25, 0.3) is 0 Å². The first-order chi connectivity index (χ1) is 11.2. The fraction of sp³-hybridized carbons (Fsp3) is 0.611. The average molecular weight is 322 g/mol. The van der Waals surface area contributed by atoms with Gasteiger partial charge in [-0.1, -0.05) is 26.0 Å². The van der Waals surface area contributed by atoms with Crippen molar-refractivity contribution in [3.63, 3.8) is 0 Å². The summed E-state index contributed by atoms with van der Waals surface area (Å²) in [7, 11) is 1.64. The van der Waals surface area contributed by atoms with Crippen molar-refractivity contribution in [2.75, 3.05) is 13.7 Å². The molecule has 1 fully saturated rings. The van der Waals surface area contributed by atoms with Crippen molar-refractivity contribution in [3.8, 4) is 5.75 Å². The summed E-state index contributed by atoms with van der Waals surface area (Å²) in [6, 6.07) is 7.68. The topological polar surface area (TPSA) is 54.0 Å². The van der Waals surface area contributed by atoms with Crippen LogP contribution in [-0.4, -0.2) is 38.0 Å². The number of benzene rings is 1. The van der Waals surface area contributed by atoms with E-state index < -0.39 is 5.79 Å². The Morgan fingerprint density at radius 1 is 1.30 bits per heavy atom. The van der Waals surface area contributed by atoms with Crippen LogP contribution >= 0.6 is 0 Å². The molecule has 0 aromatic heterocycles. The van der Waals surface area contributed by atoms with Crippen LogP contribution in [0.4, 0.5) is 0 Å². The Labute approximate surface area is 137 Å². The van der Waals surface area contributed by atoms with Crippen LogP contribution in [-0.2, 0) is 25.6 Å². The molecule has 128 valence electrons. The number of rotatable bonds is 9. The second-order valence-corrected chi connectivity index (χ2v) is 5.68. The van der Waals surface area contributed by atoms with E-state index in [1.807, 2.05) is 38.1 Å². The van der Waals surface area contributed by atoms with Crippen LogP contribution in [0.15, 0.2) is 24.3 Å². The summed E-state index contributed by atoms with van der Waals surface area (Å²) in [6.45, 7) is 4.97. The highest BCUT2D eigenvalue weighted by atomic mass is 16.8. The number of aldehydes is 1. The van der Waals surface area contributed by atoms with Crippen LogP contribution in [0.3, 0.4) is 0 Å². The molecule has 1 aromatic carbocycles. The third-order valence-corrected chi connectivity index (χ3v) is 4.32. The molecule has 0 unspecified atom stereocenters. The van der Waals surface area contributed by atoms with Gasteiger partial charge < -0.3 is 23.7 Å². The van der Waals surface area contributed by atoms with Gasteiger partial charge in [-0.3, -0.25) is 0 Å². The fourth-order valence-corrected chi connectivity index (χ4v) is 2.73. The largest absolute Gasteiger partial charge is 0.497 e. The summed E-state index contributed by atoms with van der Waals surface area (Å²) < 4.78 is 23.0. The Kier molecular flexibility index (Phi) is 6.57. The minimum Gasteiger partial charge on any atom is -0.497 e. The number of carbonyl (C=O) groups excluding carboxylic acids is 1. The predicted molar refractivity (Wildman–Crippen MR) is 86.4 cm³/mol. The van der Waals surface area contributed by atoms with Crippen molar-refractivity contribution in [1.82, 2.24) is 0 Å². The number of carbonyl (C=O) groups is 1. The van der Waals surface area contributed by atoms with Gasteiger partial charge in [0.05, 0.1) is 26.4 Å². The van der Waals surface area contributed by atoms with Crippen LogP contribution in [0, 0.1) is 0 Å². The molecule has 23 heavy (non-hydrogen) atoms. The SMILES string of the molecule is CCC1(CC)OC[C@H]([C@@H](CC=O)OCc2ccc(OC)cc2)O1. The lowest BCUT2D eigenvalue weighted by atomic mass is 10.1. The van der Waals surface area contributed by atoms with E-state index in [0.717, 1.165) is 30.4 Å². The number of ether oxygens (including phenoxy) is 4. The first kappa shape index (κ1) is 17.9. The third-order valence-electron chi connectivity index (χ3n) is 4.32. The van der Waals surface area contributed by atoms with E-state index in [0.29, 0.717) is 19.6 Å². The summed E-state index contributed by atoms with van der Waals surface area (Å²) in [5.74, 6) is 0.274. The van der Waals surface area contributed by atoms with Gasteiger partial charge in [-0.15, -0.1) is 0 Å². The number of methoxy groups -OCH3 is 1. The average Bonchev–Trinajstić information content (AvgIpc) is 3.04. The Morgan fingerprint density at radius 3 is 2.52 bits per heavy atom. The second kappa shape index (κ2) is 8.43. The van der Waals surface area contributed by atoms with E-state index in [4.69, 9.17) is 18.9 Å². The van der Waals surface area contributed by atoms with Gasteiger partial charge in [-0.2, -0.15) is 0 Å². The molecule has 0 saturated carbocycles. The van der Waals surface area contributed by atoms with E-state index in [2.05, 4.69) is 0 Å². The number of hydrogen-bond acceptors (Lipinski definition) is 5. The summed E-state index contributed by atoms with van der Waals surface area (Å²) in [5.41, 5.74) is 1.03. The highest BCUT2D eigenvalue weighted by Gasteiger charge is 2.42. The molecule has 0 amide bonds. The quantitative estimate of drug-likeness (QED) is 0.654. The molecule has 0 radical (unpaired) electrons. The summed E-state index contributed by atoms with van der Waals surface area (Å²) in [4.78, 5) is 11.0. The van der Waals surface area contributed by atoms with Crippen molar-refractivity contribution < 1.29 is 23.7 Å². The molecule has 1 aliphatic rings. The van der Waals surface area contributed by atoms with Crippen LogP contribution in [0.2, 0.25) is 0 Å². The van der Waals surface area contributed by atoms with Crippen molar-refractivity contribution in [1.29, 1.82) is 0 Å². The smallest absolute Gasteiger partial charge is 0.168 e. The highest BCUT2D eigenvalue weighted by molar-refractivity contribution is 5.50. The Morgan fingerprint density at radius 2 is 2.00 bits per heavy atom. The van der Waals surface area contributed by atoms with Gasteiger partial charge in [0, 0.05) is 6.42 Å². The van der Waals surface area contributed by atoms with Crippen molar-refractivity contribution in [2.45, 2.75) is 57.7 Å². The third kappa shape index (κ3) is 4.53. The van der Waals surface area contributed by atoms with Gasteiger partial charge in [0.25, 0.3) is 0 Å². The molecule has 2 atom stereocenters. The normalized spacial score (nSPS) is 21.1. The van der Waals surface area contributed by atoms with E-state index in [9.17, 15) is 4.79 Å². The molecule has 0 N–H and O–H groups in total. The zero-order valence-electron chi connectivity index (χ0n) is 14.1. The maximum atomic E-state index is 11.0. The summed E-state index contributed by atoms with van der Waals surface area (Å²) in [5, 5.41) is 0. The molecule has 5 heteroatoms. The standard InChI is InChI=1S/C18H26O5/c1-4-18(5-2)22-13-17(23-18)16(10-11-19)21-12-14-6-8-15(20-3)9-7-14/h6-9,11,16-17H,4-5,10,12-13H2,1-3H3/t16-,17-/m1/s1. The maximum Gasteiger partial charge on any atom is 0.168 e. The monoisotopic (exact) mass is 322 g/mol. The fourth-order valence-electron chi connectivity index (χ4n) is 2.73. The molecule has 0 bridgehead atoms. The predicted octanol–water partition coefficient (Wildman–Crippen LogP) is 3.10. The Bertz CT molecular complexity index is 481. The molecule has 1 saturated heterocycles. The van der Waals surface area contributed by atoms with Crippen molar-refractivity contribution in [3.05, 3.63) is 29.8 Å². The van der Waals surface area contributed by atoms with E-state index in [-0.39, 0.29) is 12.2 Å². The molecule has 0 spiro atoms. The molecular weight excluding hydrogens is 296 g/mol. The van der Waals surface area contributed by atoms with Crippen LogP contribution < -0.4 is 4.74 Å². The van der Waals surface area contributed by atoms with E-state index in [1.165, 1.54) is 0 Å². The van der Waals surface area contributed by atoms with Gasteiger partial charge in [0.15, 0.2) is 5.79 Å². The molecule has 1 heterocycles. The lowest BCUT2D eigenvalue weighted by molar-refractivity contribution is -0.186. The minimum atomic E-state index is -0.532. The lowest BCUT2D eigenvalue weighted by Gasteiger charge is -2.27. The Hall–Kier alpha value is -1.43. The molecule has 0 aliphatic carbocycles. The lowest BCUT2D eigenvalue weighted by Crippen LogP contribution is -2.35. The first-order valence-corrected chi connectivity index (χ1v) is 8.16. The maximum absolute atomic E-state index is 11.0. The molecular formula is C18H26O5. The molecule has 5 nitrogen and oxygen atoms in total. The van der Waals surface area contributed by atoms with Gasteiger partial charge in [0.1, 0.15) is 18.1 Å². The second-order valence-electron chi connectivity index (χ2n) is 5.68. The van der Waals surface area contributed by atoms with Gasteiger partial charge in [-0.25, -0.2) is 0 Å². The molecule has 2 rings (SSSR count).